The Balaban J connectivity index is 1.57. The molecule has 0 spiro atoms. The summed E-state index contributed by atoms with van der Waals surface area (Å²) in [6, 6.07) is 14.9. The quantitative estimate of drug-likeness (QED) is 0.926. The summed E-state index contributed by atoms with van der Waals surface area (Å²) >= 11 is 6.03. The molecule has 1 fully saturated rings. The Hall–Kier alpha value is -2.33. The first-order valence-corrected chi connectivity index (χ1v) is 8.32. The SMILES string of the molecule is O=C(O)C1CN(C(=O)C2CC2c2cccc(Cl)c2)c2ccccc21. The summed E-state index contributed by atoms with van der Waals surface area (Å²) in [6.45, 7) is 0.215. The highest BCUT2D eigenvalue weighted by molar-refractivity contribution is 6.30. The molecule has 2 aliphatic rings. The first-order valence-electron chi connectivity index (χ1n) is 7.95. The summed E-state index contributed by atoms with van der Waals surface area (Å²) < 4.78 is 0. The molecular weight excluding hydrogens is 326 g/mol. The normalized spacial score (nSPS) is 24.5. The molecule has 0 bridgehead atoms. The number of amides is 1. The summed E-state index contributed by atoms with van der Waals surface area (Å²) in [6.07, 6.45) is 0.787. The number of carbonyl (C=O) groups is 2. The van der Waals surface area contributed by atoms with Gasteiger partial charge in [-0.1, -0.05) is 41.9 Å². The van der Waals surface area contributed by atoms with Crippen LogP contribution >= 0.6 is 11.6 Å². The fraction of sp³-hybridized carbons (Fsp3) is 0.263. The molecule has 3 unspecified atom stereocenters. The van der Waals surface area contributed by atoms with Crippen molar-refractivity contribution in [2.75, 3.05) is 11.4 Å². The van der Waals surface area contributed by atoms with Gasteiger partial charge in [-0.15, -0.1) is 0 Å². The van der Waals surface area contributed by atoms with Crippen molar-refractivity contribution in [1.29, 1.82) is 0 Å². The van der Waals surface area contributed by atoms with Gasteiger partial charge < -0.3 is 10.0 Å². The van der Waals surface area contributed by atoms with Gasteiger partial charge in [0.15, 0.2) is 0 Å². The topological polar surface area (TPSA) is 57.6 Å². The van der Waals surface area contributed by atoms with E-state index >= 15 is 0 Å². The zero-order valence-corrected chi connectivity index (χ0v) is 13.6. The van der Waals surface area contributed by atoms with E-state index in [1.54, 1.807) is 11.0 Å². The van der Waals surface area contributed by atoms with E-state index in [0.29, 0.717) is 5.02 Å². The molecule has 3 atom stereocenters. The summed E-state index contributed by atoms with van der Waals surface area (Å²) in [5.41, 5.74) is 2.52. The largest absolute Gasteiger partial charge is 0.481 e. The minimum atomic E-state index is -0.889. The second-order valence-corrected chi connectivity index (χ2v) is 6.84. The van der Waals surface area contributed by atoms with Crippen molar-refractivity contribution in [3.05, 3.63) is 64.7 Å². The van der Waals surface area contributed by atoms with Gasteiger partial charge in [-0.05, 0) is 41.7 Å². The summed E-state index contributed by atoms with van der Waals surface area (Å²) in [4.78, 5) is 26.0. The molecule has 4 rings (SSSR count). The Morgan fingerprint density at radius 3 is 2.67 bits per heavy atom. The van der Waals surface area contributed by atoms with E-state index < -0.39 is 11.9 Å². The Morgan fingerprint density at radius 2 is 1.92 bits per heavy atom. The molecule has 0 radical (unpaired) electrons. The number of anilines is 1. The van der Waals surface area contributed by atoms with Crippen LogP contribution < -0.4 is 4.90 Å². The van der Waals surface area contributed by atoms with E-state index in [1.807, 2.05) is 42.5 Å². The Kier molecular flexibility index (Phi) is 3.57. The maximum absolute atomic E-state index is 12.9. The predicted molar refractivity (Wildman–Crippen MR) is 91.5 cm³/mol. The minimum absolute atomic E-state index is 0.0103. The smallest absolute Gasteiger partial charge is 0.312 e. The fourth-order valence-electron chi connectivity index (χ4n) is 3.60. The maximum Gasteiger partial charge on any atom is 0.312 e. The zero-order valence-electron chi connectivity index (χ0n) is 12.9. The van der Waals surface area contributed by atoms with Crippen molar-refractivity contribution < 1.29 is 14.7 Å². The van der Waals surface area contributed by atoms with Crippen LogP contribution in [0.4, 0.5) is 5.69 Å². The number of rotatable bonds is 3. The number of carboxylic acid groups (broad SMARTS) is 1. The van der Waals surface area contributed by atoms with Gasteiger partial charge in [0.1, 0.15) is 5.92 Å². The lowest BCUT2D eigenvalue weighted by atomic mass is 10.0. The number of carbonyl (C=O) groups excluding carboxylic acids is 1. The number of halogens is 1. The predicted octanol–water partition coefficient (Wildman–Crippen LogP) is 3.66. The first-order chi connectivity index (χ1) is 11.6. The van der Waals surface area contributed by atoms with Gasteiger partial charge in [-0.2, -0.15) is 0 Å². The highest BCUT2D eigenvalue weighted by Gasteiger charge is 2.48. The minimum Gasteiger partial charge on any atom is -0.481 e. The highest BCUT2D eigenvalue weighted by atomic mass is 35.5. The van der Waals surface area contributed by atoms with E-state index in [9.17, 15) is 14.7 Å². The van der Waals surface area contributed by atoms with Gasteiger partial charge in [0.2, 0.25) is 5.91 Å². The summed E-state index contributed by atoms with van der Waals surface area (Å²) in [7, 11) is 0. The van der Waals surface area contributed by atoms with Crippen molar-refractivity contribution >= 4 is 29.2 Å². The molecule has 4 nitrogen and oxygen atoms in total. The third-order valence-corrected chi connectivity index (χ3v) is 5.15. The van der Waals surface area contributed by atoms with Crippen molar-refractivity contribution in [2.24, 2.45) is 5.92 Å². The second-order valence-electron chi connectivity index (χ2n) is 6.40. The molecule has 122 valence electrons. The van der Waals surface area contributed by atoms with E-state index in [-0.39, 0.29) is 24.3 Å². The molecule has 1 amide bonds. The maximum atomic E-state index is 12.9. The van der Waals surface area contributed by atoms with Gasteiger partial charge in [0, 0.05) is 23.2 Å². The summed E-state index contributed by atoms with van der Waals surface area (Å²) in [5.74, 6) is -1.44. The zero-order chi connectivity index (χ0) is 16.8. The molecule has 1 aliphatic heterocycles. The molecule has 0 saturated heterocycles. The van der Waals surface area contributed by atoms with Crippen LogP contribution in [0.15, 0.2) is 48.5 Å². The second kappa shape index (κ2) is 5.64. The number of nitrogens with zero attached hydrogens (tertiary/aromatic N) is 1. The van der Waals surface area contributed by atoms with Crippen LogP contribution in [0.1, 0.15) is 29.4 Å². The lowest BCUT2D eigenvalue weighted by Crippen LogP contribution is -2.32. The molecule has 1 saturated carbocycles. The average Bonchev–Trinajstić information content (AvgIpc) is 3.27. The number of aliphatic carboxylic acids is 1. The van der Waals surface area contributed by atoms with Crippen LogP contribution in [0, 0.1) is 5.92 Å². The number of hydrogen-bond donors (Lipinski definition) is 1. The van der Waals surface area contributed by atoms with Gasteiger partial charge in [-0.3, -0.25) is 9.59 Å². The van der Waals surface area contributed by atoms with Crippen LogP contribution in [0.3, 0.4) is 0 Å². The molecule has 2 aromatic rings. The molecule has 24 heavy (non-hydrogen) atoms. The number of fused-ring (bicyclic) bond motifs is 1. The van der Waals surface area contributed by atoms with Crippen LogP contribution in [0.2, 0.25) is 5.02 Å². The molecule has 0 aromatic heterocycles. The standard InChI is InChI=1S/C19H16ClNO3/c20-12-5-3-4-11(8-12)14-9-15(14)18(22)21-10-16(19(23)24)13-6-1-2-7-17(13)21/h1-8,14-16H,9-10H2,(H,23,24). The monoisotopic (exact) mass is 341 g/mol. The van der Waals surface area contributed by atoms with Crippen LogP contribution in [0.5, 0.6) is 0 Å². The molecule has 1 heterocycles. The van der Waals surface area contributed by atoms with Gasteiger partial charge >= 0.3 is 5.97 Å². The van der Waals surface area contributed by atoms with E-state index in [4.69, 9.17) is 11.6 Å². The van der Waals surface area contributed by atoms with Crippen molar-refractivity contribution in [3.63, 3.8) is 0 Å². The highest BCUT2D eigenvalue weighted by Crippen LogP contribution is 2.50. The van der Waals surface area contributed by atoms with Crippen LogP contribution in [0.25, 0.3) is 0 Å². The Labute approximate surface area is 144 Å². The summed E-state index contributed by atoms with van der Waals surface area (Å²) in [5, 5.41) is 10.1. The number of para-hydroxylation sites is 1. The third kappa shape index (κ3) is 2.47. The van der Waals surface area contributed by atoms with E-state index in [0.717, 1.165) is 23.2 Å². The van der Waals surface area contributed by atoms with Gasteiger partial charge in [0.05, 0.1) is 0 Å². The molecule has 5 heteroatoms. The molecular formula is C19H16ClNO3. The lowest BCUT2D eigenvalue weighted by Gasteiger charge is -2.17. The molecule has 2 aromatic carbocycles. The van der Waals surface area contributed by atoms with Crippen LogP contribution in [-0.2, 0) is 9.59 Å². The Bertz CT molecular complexity index is 835. The fourth-order valence-corrected chi connectivity index (χ4v) is 3.80. The van der Waals surface area contributed by atoms with Crippen LogP contribution in [-0.4, -0.2) is 23.5 Å². The van der Waals surface area contributed by atoms with Gasteiger partial charge in [-0.25, -0.2) is 0 Å². The van der Waals surface area contributed by atoms with E-state index in [2.05, 4.69) is 0 Å². The lowest BCUT2D eigenvalue weighted by molar-refractivity contribution is -0.138. The van der Waals surface area contributed by atoms with Gasteiger partial charge in [0.25, 0.3) is 0 Å². The third-order valence-electron chi connectivity index (χ3n) is 4.92. The number of carboxylic acids is 1. The molecule has 1 aliphatic carbocycles. The average molecular weight is 342 g/mol. The van der Waals surface area contributed by atoms with Crippen molar-refractivity contribution in [2.45, 2.75) is 18.3 Å². The van der Waals surface area contributed by atoms with E-state index in [1.165, 1.54) is 0 Å². The molecule has 1 N–H and O–H groups in total. The Morgan fingerprint density at radius 1 is 1.12 bits per heavy atom. The van der Waals surface area contributed by atoms with Crippen molar-refractivity contribution in [3.8, 4) is 0 Å². The first kappa shape index (κ1) is 15.2. The van der Waals surface area contributed by atoms with Crippen molar-refractivity contribution in [1.82, 2.24) is 0 Å². The number of hydrogen-bond acceptors (Lipinski definition) is 2. The number of benzene rings is 2.